The van der Waals surface area contributed by atoms with Crippen molar-refractivity contribution in [2.45, 2.75) is 31.2 Å². The molecule has 1 aliphatic heterocycles. The lowest BCUT2D eigenvalue weighted by molar-refractivity contribution is -0.120. The fourth-order valence-electron chi connectivity index (χ4n) is 1.71. The minimum atomic E-state index is -0.178. The minimum Gasteiger partial charge on any atom is -0.312 e. The average Bonchev–Trinajstić information content (AvgIpc) is 2.67. The van der Waals surface area contributed by atoms with E-state index in [1.165, 1.54) is 10.5 Å². The van der Waals surface area contributed by atoms with Crippen LogP contribution >= 0.6 is 11.8 Å². The van der Waals surface area contributed by atoms with Gasteiger partial charge in [0.15, 0.2) is 0 Å². The van der Waals surface area contributed by atoms with E-state index in [9.17, 15) is 4.79 Å². The molecule has 1 aromatic rings. The van der Waals surface area contributed by atoms with E-state index in [4.69, 9.17) is 0 Å². The summed E-state index contributed by atoms with van der Waals surface area (Å²) in [7, 11) is 0. The molecule has 0 saturated heterocycles. The van der Waals surface area contributed by atoms with Crippen LogP contribution in [-0.2, 0) is 4.79 Å². The van der Waals surface area contributed by atoms with Gasteiger partial charge in [-0.05, 0) is 25.5 Å². The molecule has 1 aliphatic rings. The van der Waals surface area contributed by atoms with Crippen LogP contribution in [0.5, 0.6) is 0 Å². The fraction of sp³-hybridized carbons (Fsp3) is 0.385. The molecule has 1 amide bonds. The predicted octanol–water partition coefficient (Wildman–Crippen LogP) is 2.39. The smallest absolute Gasteiger partial charge is 0.250 e. The molecule has 1 heterocycles. The zero-order chi connectivity index (χ0) is 12.3. The summed E-state index contributed by atoms with van der Waals surface area (Å²) in [5, 5.41) is 2.83. The summed E-state index contributed by atoms with van der Waals surface area (Å²) in [5.41, 5.74) is 1.25. The summed E-state index contributed by atoms with van der Waals surface area (Å²) in [5.74, 6) is 1.56. The van der Waals surface area contributed by atoms with Crippen molar-refractivity contribution in [1.82, 2.24) is 5.32 Å². The van der Waals surface area contributed by atoms with E-state index in [2.05, 4.69) is 35.4 Å². The molecule has 2 rings (SSSR count). The van der Waals surface area contributed by atoms with Crippen LogP contribution in [0.15, 0.2) is 34.2 Å². The molecule has 90 valence electrons. The van der Waals surface area contributed by atoms with Gasteiger partial charge in [0.1, 0.15) is 11.9 Å². The number of carbonyl (C=O) groups excluding carboxylic acids is 1. The molecule has 0 aliphatic carbocycles. The molecule has 1 aromatic carbocycles. The molecule has 0 bridgehead atoms. The molecule has 0 fully saturated rings. The molecule has 3 nitrogen and oxygen atoms in total. The number of aliphatic imine (C=N–C) groups is 1. The SMILES string of the molecule is CCC1N=C(CSc2cccc(C)c2)NC1=O. The van der Waals surface area contributed by atoms with E-state index in [0.717, 1.165) is 18.0 Å². The van der Waals surface area contributed by atoms with Gasteiger partial charge in [-0.1, -0.05) is 24.6 Å². The van der Waals surface area contributed by atoms with Crippen LogP contribution in [0.1, 0.15) is 18.9 Å². The predicted molar refractivity (Wildman–Crippen MR) is 71.6 cm³/mol. The van der Waals surface area contributed by atoms with Crippen molar-refractivity contribution < 1.29 is 4.79 Å². The van der Waals surface area contributed by atoms with Gasteiger partial charge in [0.05, 0.1) is 5.75 Å². The number of carbonyl (C=O) groups is 1. The molecule has 0 spiro atoms. The highest BCUT2D eigenvalue weighted by molar-refractivity contribution is 8.00. The number of hydrogen-bond donors (Lipinski definition) is 1. The Morgan fingerprint density at radius 2 is 2.29 bits per heavy atom. The zero-order valence-electron chi connectivity index (χ0n) is 10.1. The van der Waals surface area contributed by atoms with Gasteiger partial charge >= 0.3 is 0 Å². The zero-order valence-corrected chi connectivity index (χ0v) is 10.9. The second kappa shape index (κ2) is 5.36. The number of thioether (sulfide) groups is 1. The minimum absolute atomic E-state index is 0.0346. The Kier molecular flexibility index (Phi) is 3.84. The molecule has 1 N–H and O–H groups in total. The van der Waals surface area contributed by atoms with Crippen LogP contribution < -0.4 is 5.32 Å². The Morgan fingerprint density at radius 1 is 1.47 bits per heavy atom. The quantitative estimate of drug-likeness (QED) is 0.831. The number of hydrogen-bond acceptors (Lipinski definition) is 3. The van der Waals surface area contributed by atoms with Gasteiger partial charge < -0.3 is 5.32 Å². The van der Waals surface area contributed by atoms with Crippen molar-refractivity contribution in [3.05, 3.63) is 29.8 Å². The van der Waals surface area contributed by atoms with Crippen molar-refractivity contribution in [2.75, 3.05) is 5.75 Å². The normalized spacial score (nSPS) is 19.1. The molecule has 4 heteroatoms. The van der Waals surface area contributed by atoms with Crippen LogP contribution in [0.25, 0.3) is 0 Å². The van der Waals surface area contributed by atoms with Gasteiger partial charge in [0.2, 0.25) is 5.91 Å². The third-order valence-electron chi connectivity index (χ3n) is 2.63. The number of benzene rings is 1. The van der Waals surface area contributed by atoms with Crippen LogP contribution in [-0.4, -0.2) is 23.5 Å². The molecule has 0 saturated carbocycles. The summed E-state index contributed by atoms with van der Waals surface area (Å²) < 4.78 is 0. The van der Waals surface area contributed by atoms with Crippen LogP contribution in [0.2, 0.25) is 0 Å². The lowest BCUT2D eigenvalue weighted by Gasteiger charge is -2.02. The second-order valence-corrected chi connectivity index (χ2v) is 5.14. The van der Waals surface area contributed by atoms with Gasteiger partial charge in [-0.2, -0.15) is 0 Å². The first-order chi connectivity index (χ1) is 8.19. The third-order valence-corrected chi connectivity index (χ3v) is 3.64. The van der Waals surface area contributed by atoms with Crippen LogP contribution in [0.4, 0.5) is 0 Å². The summed E-state index contributed by atoms with van der Waals surface area (Å²) in [6, 6.07) is 8.15. The Hall–Kier alpha value is -1.29. The van der Waals surface area contributed by atoms with Crippen LogP contribution in [0.3, 0.4) is 0 Å². The van der Waals surface area contributed by atoms with E-state index < -0.39 is 0 Å². The molecular weight excluding hydrogens is 232 g/mol. The van der Waals surface area contributed by atoms with E-state index in [-0.39, 0.29) is 11.9 Å². The fourth-order valence-corrected chi connectivity index (χ4v) is 2.61. The highest BCUT2D eigenvalue weighted by atomic mass is 32.2. The Bertz CT molecular complexity index is 456. The van der Waals surface area contributed by atoms with Crippen molar-refractivity contribution in [2.24, 2.45) is 4.99 Å². The number of amides is 1. The molecular formula is C13H16N2OS. The first-order valence-corrected chi connectivity index (χ1v) is 6.74. The number of nitrogens with one attached hydrogen (secondary N) is 1. The number of rotatable bonds is 4. The van der Waals surface area contributed by atoms with Crippen LogP contribution in [0, 0.1) is 6.92 Å². The van der Waals surface area contributed by atoms with Gasteiger partial charge in [0, 0.05) is 4.90 Å². The summed E-state index contributed by atoms with van der Waals surface area (Å²) in [4.78, 5) is 17.0. The maximum atomic E-state index is 11.4. The highest BCUT2D eigenvalue weighted by Crippen LogP contribution is 2.19. The first kappa shape index (κ1) is 12.2. The summed E-state index contributed by atoms with van der Waals surface area (Å²) >= 11 is 1.70. The van der Waals surface area contributed by atoms with Gasteiger partial charge in [-0.15, -0.1) is 11.8 Å². The lowest BCUT2D eigenvalue weighted by atomic mass is 10.2. The Balaban J connectivity index is 1.93. The first-order valence-electron chi connectivity index (χ1n) is 5.76. The second-order valence-electron chi connectivity index (χ2n) is 4.09. The molecule has 17 heavy (non-hydrogen) atoms. The van der Waals surface area contributed by atoms with Gasteiger partial charge in [-0.3, -0.25) is 9.79 Å². The molecule has 1 atom stereocenters. The highest BCUT2D eigenvalue weighted by Gasteiger charge is 2.23. The lowest BCUT2D eigenvalue weighted by Crippen LogP contribution is -2.29. The van der Waals surface area contributed by atoms with Gasteiger partial charge in [0.25, 0.3) is 0 Å². The van der Waals surface area contributed by atoms with E-state index >= 15 is 0 Å². The van der Waals surface area contributed by atoms with Gasteiger partial charge in [-0.25, -0.2) is 0 Å². The number of aryl methyl sites for hydroxylation is 1. The summed E-state index contributed by atoms with van der Waals surface area (Å²) in [6.07, 6.45) is 0.768. The standard InChI is InChI=1S/C13H16N2OS/c1-3-11-13(16)15-12(14-11)8-17-10-6-4-5-9(2)7-10/h4-7,11H,3,8H2,1-2H3,(H,14,15,16). The van der Waals surface area contributed by atoms with Crippen molar-refractivity contribution in [1.29, 1.82) is 0 Å². The third kappa shape index (κ3) is 3.09. The monoisotopic (exact) mass is 248 g/mol. The van der Waals surface area contributed by atoms with Crippen molar-refractivity contribution in [3.63, 3.8) is 0 Å². The van der Waals surface area contributed by atoms with E-state index in [1.807, 2.05) is 13.0 Å². The maximum absolute atomic E-state index is 11.4. The maximum Gasteiger partial charge on any atom is 0.250 e. The molecule has 0 radical (unpaired) electrons. The number of amidine groups is 1. The average molecular weight is 248 g/mol. The molecule has 1 unspecified atom stereocenters. The number of nitrogens with zero attached hydrogens (tertiary/aromatic N) is 1. The summed E-state index contributed by atoms with van der Waals surface area (Å²) in [6.45, 7) is 4.05. The van der Waals surface area contributed by atoms with E-state index in [1.54, 1.807) is 11.8 Å². The van der Waals surface area contributed by atoms with Crippen molar-refractivity contribution >= 4 is 23.5 Å². The Morgan fingerprint density at radius 3 is 2.94 bits per heavy atom. The van der Waals surface area contributed by atoms with E-state index in [0.29, 0.717) is 0 Å². The van der Waals surface area contributed by atoms with Crippen molar-refractivity contribution in [3.8, 4) is 0 Å². The Labute approximate surface area is 106 Å². The topological polar surface area (TPSA) is 41.5 Å². The largest absolute Gasteiger partial charge is 0.312 e. The molecule has 0 aromatic heterocycles.